The Balaban J connectivity index is 0.00000208. The molecule has 6 nitrogen and oxygen atoms in total. The summed E-state index contributed by atoms with van der Waals surface area (Å²) in [4.78, 5) is 4.41. The third-order valence-electron chi connectivity index (χ3n) is 4.36. The highest BCUT2D eigenvalue weighted by molar-refractivity contribution is 14.0. The zero-order valence-corrected chi connectivity index (χ0v) is 16.6. The van der Waals surface area contributed by atoms with Crippen LogP contribution in [0.5, 0.6) is 0 Å². The number of fused-ring (bicyclic) bond motifs is 1. The SMILES string of the molecule is Cc1ccc(NC(N)=NCc2nnc3n2CCCCC3)cc1C.I. The monoisotopic (exact) mass is 440 g/mol. The number of nitrogens with zero attached hydrogens (tertiary/aromatic N) is 4. The fraction of sp³-hybridized carbons (Fsp3) is 0.471. The van der Waals surface area contributed by atoms with Gasteiger partial charge in [-0.15, -0.1) is 34.2 Å². The average molecular weight is 440 g/mol. The second-order valence-corrected chi connectivity index (χ2v) is 6.12. The van der Waals surface area contributed by atoms with Gasteiger partial charge in [-0.1, -0.05) is 12.5 Å². The van der Waals surface area contributed by atoms with E-state index in [1.165, 1.54) is 30.4 Å². The third kappa shape index (κ3) is 4.46. The van der Waals surface area contributed by atoms with Gasteiger partial charge >= 0.3 is 0 Å². The number of halogens is 1. The summed E-state index contributed by atoms with van der Waals surface area (Å²) in [6.07, 6.45) is 4.63. The number of hydrogen-bond acceptors (Lipinski definition) is 3. The van der Waals surface area contributed by atoms with Gasteiger partial charge in [0.2, 0.25) is 0 Å². The zero-order valence-electron chi connectivity index (χ0n) is 14.2. The molecule has 0 saturated heterocycles. The van der Waals surface area contributed by atoms with E-state index in [1.54, 1.807) is 0 Å². The van der Waals surface area contributed by atoms with E-state index in [2.05, 4.69) is 51.1 Å². The summed E-state index contributed by atoms with van der Waals surface area (Å²) >= 11 is 0. The van der Waals surface area contributed by atoms with Gasteiger partial charge in [0.25, 0.3) is 0 Å². The molecular weight excluding hydrogens is 415 g/mol. The van der Waals surface area contributed by atoms with Gasteiger partial charge in [0, 0.05) is 18.7 Å². The van der Waals surface area contributed by atoms with E-state index in [0.717, 1.165) is 30.3 Å². The molecule has 2 heterocycles. The molecule has 0 atom stereocenters. The van der Waals surface area contributed by atoms with E-state index in [1.807, 2.05) is 6.07 Å². The summed E-state index contributed by atoms with van der Waals surface area (Å²) in [6.45, 7) is 5.61. The quantitative estimate of drug-likeness (QED) is 0.437. The average Bonchev–Trinajstić information content (AvgIpc) is 2.76. The topological polar surface area (TPSA) is 81.1 Å². The molecule has 1 aromatic heterocycles. The molecule has 3 rings (SSSR count). The minimum atomic E-state index is 0. The van der Waals surface area contributed by atoms with Crippen molar-refractivity contribution in [3.63, 3.8) is 0 Å². The highest BCUT2D eigenvalue weighted by atomic mass is 127. The summed E-state index contributed by atoms with van der Waals surface area (Å²) in [6, 6.07) is 6.15. The van der Waals surface area contributed by atoms with Crippen molar-refractivity contribution >= 4 is 35.6 Å². The summed E-state index contributed by atoms with van der Waals surface area (Å²) in [5.74, 6) is 2.37. The molecule has 0 amide bonds. The number of guanidine groups is 1. The molecule has 0 spiro atoms. The number of benzene rings is 1. The van der Waals surface area contributed by atoms with Crippen LogP contribution in [-0.2, 0) is 19.5 Å². The van der Waals surface area contributed by atoms with Crippen molar-refractivity contribution in [1.29, 1.82) is 0 Å². The number of anilines is 1. The Bertz CT molecular complexity index is 722. The van der Waals surface area contributed by atoms with Crippen LogP contribution in [0.1, 0.15) is 42.0 Å². The first-order valence-electron chi connectivity index (χ1n) is 8.18. The number of aromatic nitrogens is 3. The van der Waals surface area contributed by atoms with Crippen molar-refractivity contribution in [2.75, 3.05) is 5.32 Å². The van der Waals surface area contributed by atoms with Gasteiger partial charge < -0.3 is 15.6 Å². The molecule has 1 aliphatic rings. The number of rotatable bonds is 3. The first-order valence-corrected chi connectivity index (χ1v) is 8.18. The van der Waals surface area contributed by atoms with Gasteiger partial charge in [0.15, 0.2) is 11.8 Å². The van der Waals surface area contributed by atoms with Gasteiger partial charge in [-0.2, -0.15) is 0 Å². The third-order valence-corrected chi connectivity index (χ3v) is 4.36. The Kier molecular flexibility index (Phi) is 6.59. The smallest absolute Gasteiger partial charge is 0.193 e. The predicted octanol–water partition coefficient (Wildman–Crippen LogP) is 3.17. The van der Waals surface area contributed by atoms with Crippen LogP contribution >= 0.6 is 24.0 Å². The molecule has 24 heavy (non-hydrogen) atoms. The molecule has 0 fully saturated rings. The van der Waals surface area contributed by atoms with E-state index in [4.69, 9.17) is 5.73 Å². The van der Waals surface area contributed by atoms with Crippen LogP contribution < -0.4 is 11.1 Å². The van der Waals surface area contributed by atoms with Crippen LogP contribution in [0.2, 0.25) is 0 Å². The molecule has 2 aromatic rings. The Hall–Kier alpha value is -1.64. The van der Waals surface area contributed by atoms with Gasteiger partial charge in [-0.25, -0.2) is 4.99 Å². The largest absolute Gasteiger partial charge is 0.370 e. The van der Waals surface area contributed by atoms with Crippen LogP contribution in [0.4, 0.5) is 5.69 Å². The molecular formula is C17H25IN6. The maximum atomic E-state index is 6.00. The summed E-state index contributed by atoms with van der Waals surface area (Å²) in [5.41, 5.74) is 9.44. The minimum Gasteiger partial charge on any atom is -0.370 e. The van der Waals surface area contributed by atoms with E-state index < -0.39 is 0 Å². The summed E-state index contributed by atoms with van der Waals surface area (Å²) in [7, 11) is 0. The number of aryl methyl sites for hydroxylation is 3. The Morgan fingerprint density at radius 1 is 1.21 bits per heavy atom. The second-order valence-electron chi connectivity index (χ2n) is 6.12. The molecule has 1 aromatic carbocycles. The van der Waals surface area contributed by atoms with Crippen LogP contribution in [0, 0.1) is 13.8 Å². The number of nitrogens with one attached hydrogen (secondary N) is 1. The van der Waals surface area contributed by atoms with Crippen molar-refractivity contribution < 1.29 is 0 Å². The molecule has 0 bridgehead atoms. The van der Waals surface area contributed by atoms with Crippen molar-refractivity contribution in [3.8, 4) is 0 Å². The second kappa shape index (κ2) is 8.46. The van der Waals surface area contributed by atoms with Crippen LogP contribution in [0.3, 0.4) is 0 Å². The fourth-order valence-electron chi connectivity index (χ4n) is 2.82. The van der Waals surface area contributed by atoms with Gasteiger partial charge in [0.05, 0.1) is 0 Å². The lowest BCUT2D eigenvalue weighted by molar-refractivity contribution is 0.606. The highest BCUT2D eigenvalue weighted by Crippen LogP contribution is 2.16. The zero-order chi connectivity index (χ0) is 16.2. The maximum absolute atomic E-state index is 6.00. The van der Waals surface area contributed by atoms with E-state index in [9.17, 15) is 0 Å². The Labute approximate surface area is 160 Å². The first kappa shape index (κ1) is 18.7. The lowest BCUT2D eigenvalue weighted by atomic mass is 10.1. The Morgan fingerprint density at radius 2 is 2.04 bits per heavy atom. The van der Waals surface area contributed by atoms with Crippen LogP contribution in [0.15, 0.2) is 23.2 Å². The van der Waals surface area contributed by atoms with E-state index in [-0.39, 0.29) is 24.0 Å². The van der Waals surface area contributed by atoms with Gasteiger partial charge in [-0.05, 0) is 49.9 Å². The molecule has 0 saturated carbocycles. The molecule has 0 radical (unpaired) electrons. The molecule has 3 N–H and O–H groups in total. The molecule has 130 valence electrons. The van der Waals surface area contributed by atoms with Crippen molar-refractivity contribution in [2.45, 2.75) is 52.6 Å². The maximum Gasteiger partial charge on any atom is 0.193 e. The molecule has 7 heteroatoms. The highest BCUT2D eigenvalue weighted by Gasteiger charge is 2.14. The van der Waals surface area contributed by atoms with E-state index >= 15 is 0 Å². The molecule has 1 aliphatic heterocycles. The van der Waals surface area contributed by atoms with E-state index in [0.29, 0.717) is 12.5 Å². The Morgan fingerprint density at radius 3 is 2.83 bits per heavy atom. The predicted molar refractivity (Wildman–Crippen MR) is 108 cm³/mol. The van der Waals surface area contributed by atoms with Gasteiger partial charge in [0.1, 0.15) is 12.4 Å². The standard InChI is InChI=1S/C17H24N6.HI/c1-12-7-8-14(10-13(12)2)20-17(18)19-11-16-22-21-15-6-4-3-5-9-23(15)16;/h7-8,10H,3-6,9,11H2,1-2H3,(H3,18,19,20);1H. The number of nitrogens with two attached hydrogens (primary N) is 1. The first-order chi connectivity index (χ1) is 11.1. The van der Waals surface area contributed by atoms with Crippen LogP contribution in [0.25, 0.3) is 0 Å². The molecule has 0 unspecified atom stereocenters. The fourth-order valence-corrected chi connectivity index (χ4v) is 2.82. The summed E-state index contributed by atoms with van der Waals surface area (Å²) < 4.78 is 2.19. The number of aliphatic imine (C=N–C) groups is 1. The van der Waals surface area contributed by atoms with Gasteiger partial charge in [-0.3, -0.25) is 0 Å². The number of hydrogen-bond donors (Lipinski definition) is 2. The van der Waals surface area contributed by atoms with Crippen molar-refractivity contribution in [3.05, 3.63) is 41.0 Å². The summed E-state index contributed by atoms with van der Waals surface area (Å²) in [5, 5.41) is 11.7. The lowest BCUT2D eigenvalue weighted by Gasteiger charge is -2.08. The lowest BCUT2D eigenvalue weighted by Crippen LogP contribution is -2.23. The minimum absolute atomic E-state index is 0. The normalized spacial score (nSPS) is 14.5. The van der Waals surface area contributed by atoms with Crippen LogP contribution in [-0.4, -0.2) is 20.7 Å². The molecule has 0 aliphatic carbocycles. The van der Waals surface area contributed by atoms with Crippen molar-refractivity contribution in [2.24, 2.45) is 10.7 Å². The van der Waals surface area contributed by atoms with Crippen molar-refractivity contribution in [1.82, 2.24) is 14.8 Å².